The van der Waals surface area contributed by atoms with Crippen molar-refractivity contribution in [1.29, 1.82) is 0 Å². The van der Waals surface area contributed by atoms with E-state index in [0.717, 1.165) is 11.1 Å². The second-order valence-electron chi connectivity index (χ2n) is 6.87. The molecule has 0 spiro atoms. The van der Waals surface area contributed by atoms with Crippen LogP contribution in [0.3, 0.4) is 0 Å². The number of hydrogen-bond donors (Lipinski definition) is 0. The Labute approximate surface area is 158 Å². The molecule has 2 aromatic carbocycles. The number of imide groups is 1. The van der Waals surface area contributed by atoms with E-state index in [2.05, 4.69) is 13.8 Å². The fraction of sp³-hybridized carbons (Fsp3) is 0.333. The third-order valence-corrected chi connectivity index (χ3v) is 5.08. The van der Waals surface area contributed by atoms with Crippen molar-refractivity contribution in [2.75, 3.05) is 6.61 Å². The molecule has 0 aromatic heterocycles. The van der Waals surface area contributed by atoms with Crippen molar-refractivity contribution in [3.05, 3.63) is 70.7 Å². The molecule has 26 heavy (non-hydrogen) atoms. The fourth-order valence-electron chi connectivity index (χ4n) is 3.35. The van der Waals surface area contributed by atoms with Crippen LogP contribution in [0.25, 0.3) is 0 Å². The molecule has 5 heteroatoms. The van der Waals surface area contributed by atoms with Crippen molar-refractivity contribution in [2.45, 2.75) is 32.2 Å². The van der Waals surface area contributed by atoms with E-state index in [1.54, 1.807) is 0 Å². The van der Waals surface area contributed by atoms with Gasteiger partial charge in [-0.15, -0.1) is 0 Å². The lowest BCUT2D eigenvalue weighted by molar-refractivity contribution is -0.129. The van der Waals surface area contributed by atoms with Crippen LogP contribution in [0.5, 0.6) is 0 Å². The first-order valence-electron chi connectivity index (χ1n) is 8.76. The lowest BCUT2D eigenvalue weighted by Crippen LogP contribution is -2.35. The molecule has 4 nitrogen and oxygen atoms in total. The van der Waals surface area contributed by atoms with Crippen molar-refractivity contribution in [3.8, 4) is 0 Å². The molecule has 2 amide bonds. The minimum Gasteiger partial charge on any atom is -0.446 e. The van der Waals surface area contributed by atoms with E-state index in [-0.39, 0.29) is 36.8 Å². The average molecular weight is 372 g/mol. The number of hydrogen-bond acceptors (Lipinski definition) is 3. The first kappa shape index (κ1) is 18.5. The number of ether oxygens (including phenoxy) is 1. The number of benzene rings is 2. The smallest absolute Gasteiger partial charge is 0.417 e. The zero-order valence-corrected chi connectivity index (χ0v) is 15.6. The van der Waals surface area contributed by atoms with Gasteiger partial charge in [-0.3, -0.25) is 4.79 Å². The highest BCUT2D eigenvalue weighted by atomic mass is 35.5. The summed E-state index contributed by atoms with van der Waals surface area (Å²) in [6, 6.07) is 16.7. The number of nitrogens with zero attached hydrogens (tertiary/aromatic N) is 1. The van der Waals surface area contributed by atoms with Gasteiger partial charge in [0.2, 0.25) is 5.91 Å². The van der Waals surface area contributed by atoms with Gasteiger partial charge in [0, 0.05) is 11.4 Å². The summed E-state index contributed by atoms with van der Waals surface area (Å²) in [5.74, 6) is 0.0357. The molecule has 3 rings (SSSR count). The maximum atomic E-state index is 13.0. The van der Waals surface area contributed by atoms with Crippen LogP contribution in [0.1, 0.15) is 43.4 Å². The van der Waals surface area contributed by atoms with E-state index >= 15 is 0 Å². The van der Waals surface area contributed by atoms with Gasteiger partial charge >= 0.3 is 6.09 Å². The maximum absolute atomic E-state index is 13.0. The quantitative estimate of drug-likeness (QED) is 0.726. The van der Waals surface area contributed by atoms with Crippen molar-refractivity contribution < 1.29 is 14.3 Å². The summed E-state index contributed by atoms with van der Waals surface area (Å²) in [4.78, 5) is 26.5. The van der Waals surface area contributed by atoms with Crippen molar-refractivity contribution in [1.82, 2.24) is 4.90 Å². The normalized spacial score (nSPS) is 18.1. The third kappa shape index (κ3) is 3.91. The van der Waals surface area contributed by atoms with Gasteiger partial charge in [0.25, 0.3) is 0 Å². The highest BCUT2D eigenvalue weighted by Crippen LogP contribution is 2.33. The molecule has 0 saturated carbocycles. The molecule has 0 N–H and O–H groups in total. The largest absolute Gasteiger partial charge is 0.446 e. The van der Waals surface area contributed by atoms with E-state index in [1.165, 1.54) is 4.90 Å². The zero-order valence-electron chi connectivity index (χ0n) is 14.9. The number of rotatable bonds is 5. The summed E-state index contributed by atoms with van der Waals surface area (Å²) in [5, 5.41) is 0.662. The second kappa shape index (κ2) is 7.92. The Morgan fingerprint density at radius 2 is 1.81 bits per heavy atom. The molecule has 1 heterocycles. The summed E-state index contributed by atoms with van der Waals surface area (Å²) in [5.41, 5.74) is 1.95. The Morgan fingerprint density at radius 1 is 1.15 bits per heavy atom. The number of carbonyl (C=O) groups excluding carboxylic acids is 2. The monoisotopic (exact) mass is 371 g/mol. The molecule has 1 unspecified atom stereocenters. The van der Waals surface area contributed by atoms with Crippen LogP contribution in [0.15, 0.2) is 54.6 Å². The molecular weight excluding hydrogens is 350 g/mol. The molecule has 0 radical (unpaired) electrons. The summed E-state index contributed by atoms with van der Waals surface area (Å²) in [6.45, 7) is 4.34. The lowest BCUT2D eigenvalue weighted by atomic mass is 9.85. The van der Waals surface area contributed by atoms with Crippen LogP contribution in [0.4, 0.5) is 4.79 Å². The molecule has 1 saturated heterocycles. The predicted molar refractivity (Wildman–Crippen MR) is 101 cm³/mol. The van der Waals surface area contributed by atoms with Gasteiger partial charge in [0.15, 0.2) is 0 Å². The number of amides is 2. The van der Waals surface area contributed by atoms with Crippen LogP contribution < -0.4 is 0 Å². The predicted octanol–water partition coefficient (Wildman–Crippen LogP) is 5.19. The zero-order chi connectivity index (χ0) is 18.7. The minimum atomic E-state index is -0.567. The fourth-order valence-corrected chi connectivity index (χ4v) is 3.48. The number of carbonyl (C=O) groups is 2. The average Bonchev–Trinajstić information content (AvgIpc) is 3.02. The standard InChI is InChI=1S/C21H22ClNO3/c1-14(2)18(15-8-10-17(22)11-9-15)12-20(24)23-19(13-26-21(23)25)16-6-4-3-5-7-16/h3-11,14,18-19H,12-13H2,1-2H3/t18?,19-/m1/s1. The van der Waals surface area contributed by atoms with Crippen LogP contribution in [-0.2, 0) is 9.53 Å². The van der Waals surface area contributed by atoms with Gasteiger partial charge in [0.05, 0.1) is 0 Å². The molecule has 136 valence electrons. The molecule has 1 fully saturated rings. The van der Waals surface area contributed by atoms with E-state index in [9.17, 15) is 9.59 Å². The Balaban J connectivity index is 1.81. The molecule has 2 aromatic rings. The van der Waals surface area contributed by atoms with Crippen molar-refractivity contribution in [2.24, 2.45) is 5.92 Å². The van der Waals surface area contributed by atoms with E-state index in [4.69, 9.17) is 16.3 Å². The van der Waals surface area contributed by atoms with Gasteiger partial charge in [-0.05, 0) is 35.1 Å². The van der Waals surface area contributed by atoms with Crippen molar-refractivity contribution in [3.63, 3.8) is 0 Å². The first-order valence-corrected chi connectivity index (χ1v) is 9.14. The van der Waals surface area contributed by atoms with Crippen LogP contribution in [0.2, 0.25) is 5.02 Å². The first-order chi connectivity index (χ1) is 12.5. The molecule has 2 atom stereocenters. The highest BCUT2D eigenvalue weighted by Gasteiger charge is 2.39. The summed E-state index contributed by atoms with van der Waals surface area (Å²) in [6.07, 6.45) is -0.319. The van der Waals surface area contributed by atoms with Crippen molar-refractivity contribution >= 4 is 23.6 Å². The second-order valence-corrected chi connectivity index (χ2v) is 7.31. The minimum absolute atomic E-state index is 0.00425. The van der Waals surface area contributed by atoms with E-state index in [0.29, 0.717) is 5.02 Å². The molecule has 1 aliphatic rings. The van der Waals surface area contributed by atoms with Gasteiger partial charge in [-0.1, -0.05) is 67.9 Å². The van der Waals surface area contributed by atoms with Gasteiger partial charge < -0.3 is 4.74 Å². The molecule has 0 bridgehead atoms. The lowest BCUT2D eigenvalue weighted by Gasteiger charge is -2.25. The SMILES string of the molecule is CC(C)C(CC(=O)N1C(=O)OC[C@@H]1c1ccccc1)c1ccc(Cl)cc1. The molecular formula is C21H22ClNO3. The van der Waals surface area contributed by atoms with Gasteiger partial charge in [-0.25, -0.2) is 9.69 Å². The highest BCUT2D eigenvalue weighted by molar-refractivity contribution is 6.30. The maximum Gasteiger partial charge on any atom is 0.417 e. The van der Waals surface area contributed by atoms with Crippen LogP contribution in [0, 0.1) is 5.92 Å². The van der Waals surface area contributed by atoms with E-state index < -0.39 is 6.09 Å². The summed E-state index contributed by atoms with van der Waals surface area (Å²) in [7, 11) is 0. The molecule has 0 aliphatic carbocycles. The summed E-state index contributed by atoms with van der Waals surface area (Å²) >= 11 is 5.97. The van der Waals surface area contributed by atoms with Gasteiger partial charge in [0.1, 0.15) is 12.6 Å². The number of halogens is 1. The Bertz CT molecular complexity index is 774. The third-order valence-electron chi connectivity index (χ3n) is 4.82. The van der Waals surface area contributed by atoms with Crippen LogP contribution >= 0.6 is 11.6 Å². The summed E-state index contributed by atoms with van der Waals surface area (Å²) < 4.78 is 5.17. The Morgan fingerprint density at radius 3 is 2.42 bits per heavy atom. The number of cyclic esters (lactones) is 1. The Hall–Kier alpha value is -2.33. The topological polar surface area (TPSA) is 46.6 Å². The van der Waals surface area contributed by atoms with Gasteiger partial charge in [-0.2, -0.15) is 0 Å². The van der Waals surface area contributed by atoms with Crippen LogP contribution in [-0.4, -0.2) is 23.5 Å². The Kier molecular flexibility index (Phi) is 5.62. The molecule has 1 aliphatic heterocycles. The van der Waals surface area contributed by atoms with E-state index in [1.807, 2.05) is 54.6 Å².